The molecule has 3 amide bonds. The van der Waals surface area contributed by atoms with Gasteiger partial charge in [-0.15, -0.1) is 0 Å². The Labute approximate surface area is 160 Å². The molecule has 2 aliphatic heterocycles. The van der Waals surface area contributed by atoms with Crippen LogP contribution in [0.2, 0.25) is 0 Å². The highest BCUT2D eigenvalue weighted by atomic mass is 32.2. The van der Waals surface area contributed by atoms with Gasteiger partial charge >= 0.3 is 6.03 Å². The van der Waals surface area contributed by atoms with Crippen molar-refractivity contribution in [2.24, 2.45) is 0 Å². The van der Waals surface area contributed by atoms with Gasteiger partial charge in [0.1, 0.15) is 0 Å². The maximum atomic E-state index is 13.2. The third-order valence-corrected chi connectivity index (χ3v) is 7.11. The fourth-order valence-electron chi connectivity index (χ4n) is 3.50. The van der Waals surface area contributed by atoms with E-state index < -0.39 is 10.0 Å². The molecule has 0 aromatic heterocycles. The van der Waals surface area contributed by atoms with Gasteiger partial charge in [0.25, 0.3) is 0 Å². The maximum absolute atomic E-state index is 13.2. The van der Waals surface area contributed by atoms with Crippen LogP contribution in [0.1, 0.15) is 18.4 Å². The Hall–Kier alpha value is -2.13. The number of nitrogens with zero attached hydrogens (tertiary/aromatic N) is 4. The normalized spacial score (nSPS) is 18.9. The first-order chi connectivity index (χ1) is 12.7. The first kappa shape index (κ1) is 19.6. The highest BCUT2D eigenvalue weighted by Crippen LogP contribution is 2.28. The molecule has 2 aliphatic rings. The van der Waals surface area contributed by atoms with Gasteiger partial charge in [-0.05, 0) is 31.0 Å². The van der Waals surface area contributed by atoms with E-state index in [4.69, 9.17) is 0 Å². The minimum Gasteiger partial charge on any atom is -0.331 e. The average Bonchev–Trinajstić information content (AvgIpc) is 3.07. The van der Waals surface area contributed by atoms with Crippen LogP contribution in [-0.2, 0) is 14.8 Å². The number of aryl methyl sites for hydroxylation is 1. The van der Waals surface area contributed by atoms with Gasteiger partial charge < -0.3 is 14.7 Å². The topological polar surface area (TPSA) is 81.2 Å². The summed E-state index contributed by atoms with van der Waals surface area (Å²) in [6, 6.07) is 5.04. The number of anilines is 1. The lowest BCUT2D eigenvalue weighted by atomic mass is 10.2. The van der Waals surface area contributed by atoms with Crippen molar-refractivity contribution in [2.75, 3.05) is 51.7 Å². The molecule has 0 unspecified atom stereocenters. The molecule has 0 atom stereocenters. The van der Waals surface area contributed by atoms with Crippen molar-refractivity contribution in [1.29, 1.82) is 0 Å². The van der Waals surface area contributed by atoms with Gasteiger partial charge in [0.15, 0.2) is 0 Å². The average molecular weight is 394 g/mol. The summed E-state index contributed by atoms with van der Waals surface area (Å²) in [5, 5.41) is 0. The number of sulfonamides is 1. The summed E-state index contributed by atoms with van der Waals surface area (Å²) in [6.45, 7) is 3.61. The molecule has 3 rings (SSSR count). The predicted octanol–water partition coefficient (Wildman–Crippen LogP) is 1.11. The van der Waals surface area contributed by atoms with E-state index in [9.17, 15) is 18.0 Å². The van der Waals surface area contributed by atoms with Crippen molar-refractivity contribution in [3.05, 3.63) is 23.8 Å². The molecule has 2 heterocycles. The van der Waals surface area contributed by atoms with Crippen LogP contribution in [0.15, 0.2) is 23.1 Å². The summed E-state index contributed by atoms with van der Waals surface area (Å²) in [5.41, 5.74) is 1.28. The molecule has 27 heavy (non-hydrogen) atoms. The van der Waals surface area contributed by atoms with Crippen molar-refractivity contribution >= 4 is 27.6 Å². The molecular formula is C18H26N4O4S. The lowest BCUT2D eigenvalue weighted by Crippen LogP contribution is -2.52. The van der Waals surface area contributed by atoms with E-state index in [1.54, 1.807) is 49.0 Å². The fourth-order valence-corrected chi connectivity index (χ4v) is 5.16. The summed E-state index contributed by atoms with van der Waals surface area (Å²) in [4.78, 5) is 29.1. The highest BCUT2D eigenvalue weighted by Gasteiger charge is 2.32. The molecule has 0 saturated carbocycles. The van der Waals surface area contributed by atoms with Gasteiger partial charge in [-0.25, -0.2) is 13.2 Å². The number of carbonyl (C=O) groups is 2. The van der Waals surface area contributed by atoms with Crippen molar-refractivity contribution in [1.82, 2.24) is 14.1 Å². The highest BCUT2D eigenvalue weighted by molar-refractivity contribution is 7.89. The smallest absolute Gasteiger partial charge is 0.319 e. The lowest BCUT2D eigenvalue weighted by Gasteiger charge is -2.35. The van der Waals surface area contributed by atoms with Crippen molar-refractivity contribution < 1.29 is 18.0 Å². The Bertz CT molecular complexity index is 845. The number of piperazine rings is 1. The molecule has 0 bridgehead atoms. The summed E-state index contributed by atoms with van der Waals surface area (Å²) in [5.74, 6) is 0.0259. The quantitative estimate of drug-likeness (QED) is 0.769. The number of amides is 3. The van der Waals surface area contributed by atoms with E-state index in [1.807, 2.05) is 0 Å². The third kappa shape index (κ3) is 3.79. The molecule has 2 saturated heterocycles. The summed E-state index contributed by atoms with van der Waals surface area (Å²) < 4.78 is 27.8. The van der Waals surface area contributed by atoms with Gasteiger partial charge in [-0.2, -0.15) is 4.31 Å². The Morgan fingerprint density at radius 3 is 2.30 bits per heavy atom. The molecule has 148 valence electrons. The van der Waals surface area contributed by atoms with E-state index in [-0.39, 0.29) is 29.9 Å². The predicted molar refractivity (Wildman–Crippen MR) is 102 cm³/mol. The first-order valence-corrected chi connectivity index (χ1v) is 10.5. The molecule has 0 spiro atoms. The van der Waals surface area contributed by atoms with E-state index >= 15 is 0 Å². The Balaban J connectivity index is 1.81. The zero-order chi connectivity index (χ0) is 19.8. The van der Waals surface area contributed by atoms with E-state index in [1.165, 1.54) is 9.21 Å². The largest absolute Gasteiger partial charge is 0.331 e. The second-order valence-electron chi connectivity index (χ2n) is 7.17. The van der Waals surface area contributed by atoms with Crippen LogP contribution in [0.25, 0.3) is 0 Å². The summed E-state index contributed by atoms with van der Waals surface area (Å²) in [6.07, 6.45) is 1.29. The zero-order valence-corrected chi connectivity index (χ0v) is 16.8. The van der Waals surface area contributed by atoms with Gasteiger partial charge in [-0.1, -0.05) is 6.07 Å². The van der Waals surface area contributed by atoms with Crippen molar-refractivity contribution in [3.63, 3.8) is 0 Å². The Morgan fingerprint density at radius 1 is 1.07 bits per heavy atom. The Kier molecular flexibility index (Phi) is 5.43. The maximum Gasteiger partial charge on any atom is 0.319 e. The van der Waals surface area contributed by atoms with Gasteiger partial charge in [0.05, 0.1) is 4.90 Å². The van der Waals surface area contributed by atoms with Gasteiger partial charge in [-0.3, -0.25) is 4.79 Å². The summed E-state index contributed by atoms with van der Waals surface area (Å²) >= 11 is 0. The van der Waals surface area contributed by atoms with Gasteiger partial charge in [0.2, 0.25) is 15.9 Å². The first-order valence-electron chi connectivity index (χ1n) is 9.09. The molecular weight excluding hydrogens is 368 g/mol. The molecule has 0 radical (unpaired) electrons. The number of rotatable bonds is 3. The Morgan fingerprint density at radius 2 is 1.74 bits per heavy atom. The van der Waals surface area contributed by atoms with E-state index in [0.717, 1.165) is 6.42 Å². The molecule has 9 heteroatoms. The zero-order valence-electron chi connectivity index (χ0n) is 16.0. The van der Waals surface area contributed by atoms with E-state index in [2.05, 4.69) is 0 Å². The lowest BCUT2D eigenvalue weighted by molar-refractivity contribution is -0.117. The SMILES string of the molecule is Cc1ccc(N2CCCC2=O)cc1S(=O)(=O)N1CCN(C(=O)N(C)C)CC1. The van der Waals surface area contributed by atoms with Crippen LogP contribution >= 0.6 is 0 Å². The monoisotopic (exact) mass is 394 g/mol. The number of hydrogen-bond donors (Lipinski definition) is 0. The van der Waals surface area contributed by atoms with Crippen LogP contribution in [0.5, 0.6) is 0 Å². The van der Waals surface area contributed by atoms with Crippen molar-refractivity contribution in [2.45, 2.75) is 24.7 Å². The number of hydrogen-bond acceptors (Lipinski definition) is 4. The molecule has 0 aliphatic carbocycles. The number of benzene rings is 1. The molecule has 8 nitrogen and oxygen atoms in total. The summed E-state index contributed by atoms with van der Waals surface area (Å²) in [7, 11) is -0.327. The molecule has 1 aromatic rings. The minimum atomic E-state index is -3.69. The molecule has 2 fully saturated rings. The van der Waals surface area contributed by atoms with Crippen LogP contribution in [0, 0.1) is 6.92 Å². The number of urea groups is 1. The number of carbonyl (C=O) groups excluding carboxylic acids is 2. The van der Waals surface area contributed by atoms with E-state index in [0.29, 0.717) is 37.3 Å². The minimum absolute atomic E-state index is 0.0259. The standard InChI is InChI=1S/C18H26N4O4S/c1-14-6-7-15(22-8-4-5-17(22)23)13-16(14)27(25,26)21-11-9-20(10-12-21)18(24)19(2)3/h6-7,13H,4-5,8-12H2,1-3H3. The fraction of sp³-hybridized carbons (Fsp3) is 0.556. The van der Waals surface area contributed by atoms with Crippen LogP contribution in [-0.4, -0.2) is 81.3 Å². The second kappa shape index (κ2) is 7.47. The van der Waals surface area contributed by atoms with Gasteiger partial charge in [0, 0.05) is 58.9 Å². The van der Waals surface area contributed by atoms with Crippen LogP contribution in [0.4, 0.5) is 10.5 Å². The van der Waals surface area contributed by atoms with Crippen LogP contribution < -0.4 is 4.90 Å². The second-order valence-corrected chi connectivity index (χ2v) is 9.07. The third-order valence-electron chi connectivity index (χ3n) is 5.07. The molecule has 1 aromatic carbocycles. The molecule has 0 N–H and O–H groups in total. The van der Waals surface area contributed by atoms with Crippen molar-refractivity contribution in [3.8, 4) is 0 Å². The van der Waals surface area contributed by atoms with Crippen LogP contribution in [0.3, 0.4) is 0 Å².